The molecule has 1 aromatic carbocycles. The monoisotopic (exact) mass is 329 g/mol. The number of amides is 1. The number of halogens is 1. The molecule has 3 aromatic rings. The molecule has 0 saturated carbocycles. The van der Waals surface area contributed by atoms with Gasteiger partial charge in [0, 0.05) is 23.3 Å². The summed E-state index contributed by atoms with van der Waals surface area (Å²) in [5, 5.41) is 3.44. The minimum Gasteiger partial charge on any atom is -0.452 e. The van der Waals surface area contributed by atoms with E-state index in [1.165, 1.54) is 6.20 Å². The van der Waals surface area contributed by atoms with Crippen LogP contribution in [-0.4, -0.2) is 28.5 Å². The molecule has 0 unspecified atom stereocenters. The maximum atomic E-state index is 12.1. The third-order valence-corrected chi connectivity index (χ3v) is 3.48. The topological polar surface area (TPSA) is 84.1 Å². The van der Waals surface area contributed by atoms with Gasteiger partial charge in [-0.05, 0) is 18.2 Å². The van der Waals surface area contributed by atoms with Gasteiger partial charge in [-0.3, -0.25) is 4.79 Å². The number of para-hydroxylation sites is 1. The Morgan fingerprint density at radius 3 is 2.87 bits per heavy atom. The quantitative estimate of drug-likeness (QED) is 0.569. The highest BCUT2D eigenvalue weighted by atomic mass is 35.5. The van der Waals surface area contributed by atoms with Gasteiger partial charge in [-0.2, -0.15) is 0 Å². The molecule has 116 valence electrons. The van der Waals surface area contributed by atoms with E-state index in [2.05, 4.69) is 15.3 Å². The lowest BCUT2D eigenvalue weighted by molar-refractivity contribution is -0.119. The number of esters is 1. The molecule has 23 heavy (non-hydrogen) atoms. The Morgan fingerprint density at radius 2 is 2.04 bits per heavy atom. The Hall–Kier alpha value is -2.86. The Kier molecular flexibility index (Phi) is 4.25. The molecule has 2 aromatic heterocycles. The van der Waals surface area contributed by atoms with Gasteiger partial charge < -0.3 is 15.0 Å². The number of aromatic nitrogens is 2. The van der Waals surface area contributed by atoms with Crippen molar-refractivity contribution in [3.05, 3.63) is 59.5 Å². The Labute approximate surface area is 136 Å². The first-order chi connectivity index (χ1) is 11.1. The van der Waals surface area contributed by atoms with E-state index in [9.17, 15) is 9.59 Å². The second-order valence-corrected chi connectivity index (χ2v) is 5.07. The van der Waals surface area contributed by atoms with Crippen molar-refractivity contribution in [2.45, 2.75) is 0 Å². The number of rotatable bonds is 4. The van der Waals surface area contributed by atoms with Crippen LogP contribution >= 0.6 is 11.6 Å². The number of nitrogens with zero attached hydrogens (tertiary/aromatic N) is 1. The summed E-state index contributed by atoms with van der Waals surface area (Å²) in [7, 11) is 0. The maximum absolute atomic E-state index is 12.1. The van der Waals surface area contributed by atoms with Crippen LogP contribution in [0.3, 0.4) is 0 Å². The van der Waals surface area contributed by atoms with Crippen molar-refractivity contribution in [1.82, 2.24) is 9.97 Å². The summed E-state index contributed by atoms with van der Waals surface area (Å²) in [4.78, 5) is 30.7. The SMILES string of the molecule is O=C(COC(=O)c1c[nH]c2ccccc12)Nc1cccnc1Cl. The van der Waals surface area contributed by atoms with Gasteiger partial charge in [-0.25, -0.2) is 9.78 Å². The minimum absolute atomic E-state index is 0.170. The van der Waals surface area contributed by atoms with E-state index in [4.69, 9.17) is 16.3 Å². The Balaban J connectivity index is 1.63. The zero-order valence-corrected chi connectivity index (χ0v) is 12.6. The van der Waals surface area contributed by atoms with Crippen LogP contribution in [-0.2, 0) is 9.53 Å². The lowest BCUT2D eigenvalue weighted by Gasteiger charge is -2.07. The van der Waals surface area contributed by atoms with Gasteiger partial charge in [0.25, 0.3) is 5.91 Å². The van der Waals surface area contributed by atoms with Gasteiger partial charge in [0.15, 0.2) is 11.8 Å². The van der Waals surface area contributed by atoms with Crippen molar-refractivity contribution >= 4 is 40.1 Å². The molecule has 6 nitrogen and oxygen atoms in total. The number of benzene rings is 1. The summed E-state index contributed by atoms with van der Waals surface area (Å²) >= 11 is 5.84. The fraction of sp³-hybridized carbons (Fsp3) is 0.0625. The average Bonchev–Trinajstić information content (AvgIpc) is 2.99. The van der Waals surface area contributed by atoms with E-state index in [1.807, 2.05) is 18.2 Å². The number of nitrogens with one attached hydrogen (secondary N) is 2. The second-order valence-electron chi connectivity index (χ2n) is 4.71. The molecule has 0 radical (unpaired) electrons. The number of hydrogen-bond donors (Lipinski definition) is 2. The number of pyridine rings is 1. The number of aromatic amines is 1. The van der Waals surface area contributed by atoms with Crippen LogP contribution in [0.15, 0.2) is 48.8 Å². The summed E-state index contributed by atoms with van der Waals surface area (Å²) in [6, 6.07) is 10.6. The summed E-state index contributed by atoms with van der Waals surface area (Å²) in [5.41, 5.74) is 1.57. The molecule has 0 bridgehead atoms. The summed E-state index contributed by atoms with van der Waals surface area (Å²) in [6.07, 6.45) is 3.07. The average molecular weight is 330 g/mol. The number of carbonyl (C=O) groups excluding carboxylic acids is 2. The normalized spacial score (nSPS) is 10.5. The van der Waals surface area contributed by atoms with E-state index in [0.717, 1.165) is 10.9 Å². The number of H-pyrrole nitrogens is 1. The van der Waals surface area contributed by atoms with E-state index in [0.29, 0.717) is 11.3 Å². The van der Waals surface area contributed by atoms with Crippen LogP contribution in [0.1, 0.15) is 10.4 Å². The van der Waals surface area contributed by atoms with Crippen LogP contribution in [0.5, 0.6) is 0 Å². The molecule has 0 saturated heterocycles. The van der Waals surface area contributed by atoms with Crippen molar-refractivity contribution in [3.63, 3.8) is 0 Å². The van der Waals surface area contributed by atoms with Crippen molar-refractivity contribution in [2.24, 2.45) is 0 Å². The third-order valence-electron chi connectivity index (χ3n) is 3.18. The Bertz CT molecular complexity index is 876. The number of ether oxygens (including phenoxy) is 1. The molecular formula is C16H12ClN3O3. The Morgan fingerprint density at radius 1 is 1.22 bits per heavy atom. The van der Waals surface area contributed by atoms with Crippen molar-refractivity contribution in [3.8, 4) is 0 Å². The summed E-state index contributed by atoms with van der Waals surface area (Å²) in [6.45, 7) is -0.413. The van der Waals surface area contributed by atoms with Gasteiger partial charge in [-0.15, -0.1) is 0 Å². The molecule has 2 N–H and O–H groups in total. The largest absolute Gasteiger partial charge is 0.452 e. The first-order valence-corrected chi connectivity index (χ1v) is 7.16. The zero-order valence-electron chi connectivity index (χ0n) is 11.9. The van der Waals surface area contributed by atoms with E-state index in [-0.39, 0.29) is 5.15 Å². The lowest BCUT2D eigenvalue weighted by Crippen LogP contribution is -2.21. The van der Waals surface area contributed by atoms with Crippen LogP contribution < -0.4 is 5.32 Å². The molecule has 2 heterocycles. The van der Waals surface area contributed by atoms with Gasteiger partial charge in [0.1, 0.15) is 0 Å². The molecule has 7 heteroatoms. The minimum atomic E-state index is -0.574. The second kappa shape index (κ2) is 6.50. The standard InChI is InChI=1S/C16H12ClN3O3/c17-15-13(6-3-7-18-15)20-14(21)9-23-16(22)11-8-19-12-5-2-1-4-10(11)12/h1-8,19H,9H2,(H,20,21). The molecule has 1 amide bonds. The molecule has 0 aliphatic rings. The van der Waals surface area contributed by atoms with E-state index >= 15 is 0 Å². The third kappa shape index (κ3) is 3.32. The van der Waals surface area contributed by atoms with Gasteiger partial charge >= 0.3 is 5.97 Å². The zero-order chi connectivity index (χ0) is 16.2. The van der Waals surface area contributed by atoms with Gasteiger partial charge in [-0.1, -0.05) is 29.8 Å². The molecular weight excluding hydrogens is 318 g/mol. The molecule has 0 fully saturated rings. The smallest absolute Gasteiger partial charge is 0.340 e. The van der Waals surface area contributed by atoms with Crippen molar-refractivity contribution < 1.29 is 14.3 Å². The van der Waals surface area contributed by atoms with Crippen LogP contribution in [0.2, 0.25) is 5.15 Å². The molecule has 0 aliphatic carbocycles. The molecule has 0 aliphatic heterocycles. The highest BCUT2D eigenvalue weighted by Gasteiger charge is 2.15. The van der Waals surface area contributed by atoms with E-state index in [1.54, 1.807) is 24.4 Å². The fourth-order valence-corrected chi connectivity index (χ4v) is 2.28. The summed E-state index contributed by atoms with van der Waals surface area (Å²) < 4.78 is 5.03. The van der Waals surface area contributed by atoms with Crippen LogP contribution in [0.25, 0.3) is 10.9 Å². The summed E-state index contributed by atoms with van der Waals surface area (Å²) in [5.74, 6) is -1.07. The van der Waals surface area contributed by atoms with E-state index < -0.39 is 18.5 Å². The van der Waals surface area contributed by atoms with Crippen molar-refractivity contribution in [2.75, 3.05) is 11.9 Å². The lowest BCUT2D eigenvalue weighted by atomic mass is 10.2. The van der Waals surface area contributed by atoms with Crippen molar-refractivity contribution in [1.29, 1.82) is 0 Å². The maximum Gasteiger partial charge on any atom is 0.340 e. The number of anilines is 1. The highest BCUT2D eigenvalue weighted by molar-refractivity contribution is 6.32. The predicted octanol–water partition coefficient (Wildman–Crippen LogP) is 3.01. The number of hydrogen-bond acceptors (Lipinski definition) is 4. The highest BCUT2D eigenvalue weighted by Crippen LogP contribution is 2.19. The van der Waals surface area contributed by atoms with Gasteiger partial charge in [0.2, 0.25) is 0 Å². The fourth-order valence-electron chi connectivity index (χ4n) is 2.11. The first-order valence-electron chi connectivity index (χ1n) is 6.79. The number of carbonyl (C=O) groups is 2. The van der Waals surface area contributed by atoms with Gasteiger partial charge in [0.05, 0.1) is 11.3 Å². The molecule has 0 atom stereocenters. The van der Waals surface area contributed by atoms with Crippen LogP contribution in [0.4, 0.5) is 5.69 Å². The first kappa shape index (κ1) is 15.1. The molecule has 0 spiro atoms. The molecule has 3 rings (SSSR count). The predicted molar refractivity (Wildman–Crippen MR) is 86.5 cm³/mol. The van der Waals surface area contributed by atoms with Crippen LogP contribution in [0, 0.1) is 0 Å². The number of fused-ring (bicyclic) bond motifs is 1.